The van der Waals surface area contributed by atoms with E-state index in [1.54, 1.807) is 6.20 Å². The van der Waals surface area contributed by atoms with E-state index in [-0.39, 0.29) is 12.6 Å². The van der Waals surface area contributed by atoms with E-state index in [1.165, 1.54) is 26.9 Å². The van der Waals surface area contributed by atoms with Crippen LogP contribution in [0.25, 0.3) is 32.3 Å². The highest BCUT2D eigenvalue weighted by molar-refractivity contribution is 6.23. The van der Waals surface area contributed by atoms with E-state index in [1.807, 2.05) is 17.9 Å². The van der Waals surface area contributed by atoms with Crippen LogP contribution in [0.4, 0.5) is 0 Å². The number of amides is 1. The molecule has 3 heterocycles. The van der Waals surface area contributed by atoms with Crippen molar-refractivity contribution in [2.75, 3.05) is 13.3 Å². The summed E-state index contributed by atoms with van der Waals surface area (Å²) >= 11 is 0. The van der Waals surface area contributed by atoms with Crippen molar-refractivity contribution in [2.24, 2.45) is 0 Å². The molecule has 2 fully saturated rings. The molecule has 1 amide bonds. The monoisotopic (exact) mass is 464 g/mol. The number of rotatable bonds is 2. The minimum Gasteiger partial charge on any atom is -0.387 e. The number of aliphatic hydroxyl groups is 1. The second-order valence-electron chi connectivity index (χ2n) is 9.59. The second kappa shape index (κ2) is 7.43. The second-order valence-corrected chi connectivity index (χ2v) is 9.59. The number of aliphatic hydroxyl groups excluding tert-OH is 1. The highest BCUT2D eigenvalue weighted by Crippen LogP contribution is 2.43. The third-order valence-electron chi connectivity index (χ3n) is 7.75. The summed E-state index contributed by atoms with van der Waals surface area (Å²) in [4.78, 5) is 14.5. The van der Waals surface area contributed by atoms with Crippen molar-refractivity contribution >= 4 is 38.2 Å². The fourth-order valence-electron chi connectivity index (χ4n) is 5.77. The average Bonchev–Trinajstić information content (AvgIpc) is 3.37. The molecule has 174 valence electrons. The predicted octanol–water partition coefficient (Wildman–Crippen LogP) is 3.47. The van der Waals surface area contributed by atoms with Gasteiger partial charge < -0.3 is 24.8 Å². The van der Waals surface area contributed by atoms with Crippen LogP contribution in [0.1, 0.15) is 18.9 Å². The molecule has 35 heavy (non-hydrogen) atoms. The van der Waals surface area contributed by atoms with Crippen molar-refractivity contribution in [3.8, 4) is 11.8 Å². The summed E-state index contributed by atoms with van der Waals surface area (Å²) in [5.74, 6) is 6.12. The van der Waals surface area contributed by atoms with E-state index < -0.39 is 24.0 Å². The minimum absolute atomic E-state index is 0.221. The Bertz CT molecular complexity index is 1580. The van der Waals surface area contributed by atoms with Crippen LogP contribution in [0.3, 0.4) is 0 Å². The van der Waals surface area contributed by atoms with Crippen molar-refractivity contribution in [2.45, 2.75) is 37.4 Å². The fourth-order valence-corrected chi connectivity index (χ4v) is 5.77. The average molecular weight is 465 g/mol. The van der Waals surface area contributed by atoms with Gasteiger partial charge in [-0.3, -0.25) is 4.79 Å². The lowest BCUT2D eigenvalue weighted by molar-refractivity contribution is -0.189. The molecule has 2 N–H and O–H groups in total. The van der Waals surface area contributed by atoms with Crippen LogP contribution in [-0.4, -0.2) is 53.2 Å². The molecule has 4 aromatic carbocycles. The molecular formula is C29H24N2O4. The fraction of sp³-hybridized carbons (Fsp3) is 0.276. The number of benzene rings is 4. The lowest BCUT2D eigenvalue weighted by atomic mass is 9.92. The van der Waals surface area contributed by atoms with Crippen LogP contribution in [0.5, 0.6) is 0 Å². The summed E-state index contributed by atoms with van der Waals surface area (Å²) in [5, 5.41) is 20.6. The van der Waals surface area contributed by atoms with E-state index in [4.69, 9.17) is 9.47 Å². The van der Waals surface area contributed by atoms with Gasteiger partial charge in [-0.05, 0) is 44.8 Å². The van der Waals surface area contributed by atoms with Crippen molar-refractivity contribution in [1.29, 1.82) is 0 Å². The van der Waals surface area contributed by atoms with Crippen molar-refractivity contribution < 1.29 is 19.4 Å². The molecule has 0 aromatic heterocycles. The molecule has 0 radical (unpaired) electrons. The molecule has 0 aliphatic carbocycles. The third-order valence-corrected chi connectivity index (χ3v) is 7.75. The van der Waals surface area contributed by atoms with Gasteiger partial charge in [-0.25, -0.2) is 0 Å². The standard InChI is InChI=1S/C29H24N2O4/c1-2-29-15-34-25(26(29)32)28(35-29)31-14-21(27(33)30-16-31)11-7-17-6-8-20-10-9-18-4-3-5-19-12-13-22(17)24(20)23(18)19/h3-6,8-10,12-14,25-26,28,32H,2,15-16H2,1H3,(H,30,33)/t25-,26?,28+,29-/m0/s1. The topological polar surface area (TPSA) is 71.0 Å². The Morgan fingerprint density at radius 2 is 1.80 bits per heavy atom. The number of nitrogens with one attached hydrogen (secondary N) is 1. The van der Waals surface area contributed by atoms with Gasteiger partial charge >= 0.3 is 0 Å². The van der Waals surface area contributed by atoms with Gasteiger partial charge in [-0.15, -0.1) is 0 Å². The van der Waals surface area contributed by atoms with E-state index in [0.717, 1.165) is 10.9 Å². The summed E-state index contributed by atoms with van der Waals surface area (Å²) in [6.45, 7) is 2.65. The lowest BCUT2D eigenvalue weighted by Gasteiger charge is -2.37. The first kappa shape index (κ1) is 20.7. The molecule has 7 rings (SSSR count). The molecule has 4 atom stereocenters. The zero-order valence-electron chi connectivity index (χ0n) is 19.2. The smallest absolute Gasteiger partial charge is 0.262 e. The molecule has 3 aliphatic heterocycles. The zero-order chi connectivity index (χ0) is 23.7. The van der Waals surface area contributed by atoms with Gasteiger partial charge in [-0.2, -0.15) is 0 Å². The molecule has 6 nitrogen and oxygen atoms in total. The van der Waals surface area contributed by atoms with Crippen LogP contribution in [0.15, 0.2) is 66.4 Å². The van der Waals surface area contributed by atoms with Crippen LogP contribution < -0.4 is 5.32 Å². The quantitative estimate of drug-likeness (QED) is 0.351. The Balaban J connectivity index is 1.27. The summed E-state index contributed by atoms with van der Waals surface area (Å²) in [5.41, 5.74) is 0.549. The molecule has 4 aromatic rings. The molecule has 3 aliphatic rings. The predicted molar refractivity (Wildman–Crippen MR) is 134 cm³/mol. The van der Waals surface area contributed by atoms with E-state index in [9.17, 15) is 9.90 Å². The lowest BCUT2D eigenvalue weighted by Crippen LogP contribution is -2.51. The first-order chi connectivity index (χ1) is 17.1. The maximum Gasteiger partial charge on any atom is 0.262 e. The Hall–Kier alpha value is -3.63. The highest BCUT2D eigenvalue weighted by Gasteiger charge is 2.61. The van der Waals surface area contributed by atoms with Crippen LogP contribution in [0.2, 0.25) is 0 Å². The SMILES string of the molecule is CC[C@]12CO[C@@H](C1O)[C@H](N1C=C(C#Cc3ccc4ccc5cccc6ccc3c4c56)C(=O)NC1)O2. The molecule has 1 unspecified atom stereocenters. The van der Waals surface area contributed by atoms with Gasteiger partial charge in [0.2, 0.25) is 0 Å². The first-order valence-electron chi connectivity index (χ1n) is 12.0. The van der Waals surface area contributed by atoms with Gasteiger partial charge in [0, 0.05) is 11.8 Å². The van der Waals surface area contributed by atoms with Gasteiger partial charge in [-0.1, -0.05) is 67.3 Å². The highest BCUT2D eigenvalue weighted by atomic mass is 16.6. The van der Waals surface area contributed by atoms with Gasteiger partial charge in [0.05, 0.1) is 13.3 Å². The number of ether oxygens (including phenoxy) is 2. The maximum absolute atomic E-state index is 12.6. The van der Waals surface area contributed by atoms with Gasteiger partial charge in [0.1, 0.15) is 23.4 Å². The first-order valence-corrected chi connectivity index (χ1v) is 12.0. The normalized spacial score (nSPS) is 27.9. The van der Waals surface area contributed by atoms with Crippen molar-refractivity contribution in [3.63, 3.8) is 0 Å². The largest absolute Gasteiger partial charge is 0.387 e. The Morgan fingerprint density at radius 1 is 1.06 bits per heavy atom. The molecule has 0 saturated carbocycles. The summed E-state index contributed by atoms with van der Waals surface area (Å²) in [6, 6.07) is 19.0. The summed E-state index contributed by atoms with van der Waals surface area (Å²) in [6.07, 6.45) is 0.785. The van der Waals surface area contributed by atoms with Gasteiger partial charge in [0.15, 0.2) is 6.23 Å². The summed E-state index contributed by atoms with van der Waals surface area (Å²) in [7, 11) is 0. The number of hydrogen-bond donors (Lipinski definition) is 2. The van der Waals surface area contributed by atoms with Crippen LogP contribution in [0, 0.1) is 11.8 Å². The molecule has 0 spiro atoms. The molecular weight excluding hydrogens is 440 g/mol. The zero-order valence-corrected chi connectivity index (χ0v) is 19.2. The molecule has 6 heteroatoms. The third kappa shape index (κ3) is 2.93. The van der Waals surface area contributed by atoms with E-state index in [2.05, 4.69) is 65.7 Å². The number of carbonyl (C=O) groups is 1. The van der Waals surface area contributed by atoms with E-state index >= 15 is 0 Å². The number of fused-ring (bicyclic) bond motifs is 2. The molecule has 2 saturated heterocycles. The van der Waals surface area contributed by atoms with Crippen molar-refractivity contribution in [3.05, 3.63) is 71.9 Å². The van der Waals surface area contributed by atoms with E-state index in [0.29, 0.717) is 18.6 Å². The van der Waals surface area contributed by atoms with Gasteiger partial charge in [0.25, 0.3) is 5.91 Å². The Labute approximate surface area is 202 Å². The van der Waals surface area contributed by atoms with Crippen LogP contribution in [-0.2, 0) is 14.3 Å². The van der Waals surface area contributed by atoms with Crippen molar-refractivity contribution in [1.82, 2.24) is 10.2 Å². The number of carbonyl (C=O) groups excluding carboxylic acids is 1. The molecule has 2 bridgehead atoms. The Morgan fingerprint density at radius 3 is 2.57 bits per heavy atom. The van der Waals surface area contributed by atoms with Crippen LogP contribution >= 0.6 is 0 Å². The number of nitrogens with zero attached hydrogens (tertiary/aromatic N) is 1. The maximum atomic E-state index is 12.6. The Kier molecular flexibility index (Phi) is 4.40. The summed E-state index contributed by atoms with van der Waals surface area (Å²) < 4.78 is 12.1. The number of hydrogen-bond acceptors (Lipinski definition) is 5. The minimum atomic E-state index is -0.685.